The second kappa shape index (κ2) is 6.49. The van der Waals surface area contributed by atoms with E-state index in [1.807, 2.05) is 5.38 Å². The molecule has 0 unspecified atom stereocenters. The molecule has 8 heteroatoms. The van der Waals surface area contributed by atoms with Gasteiger partial charge in [-0.2, -0.15) is 0 Å². The molecule has 0 aliphatic heterocycles. The number of hydrogen-bond donors (Lipinski definition) is 1. The molecule has 0 fully saturated rings. The number of thiophene rings is 1. The van der Waals surface area contributed by atoms with Gasteiger partial charge in [0.25, 0.3) is 5.56 Å². The summed E-state index contributed by atoms with van der Waals surface area (Å²) in [7, 11) is 1.52. The number of fused-ring (bicyclic) bond motifs is 1. The van der Waals surface area contributed by atoms with Gasteiger partial charge in [-0.1, -0.05) is 29.3 Å². The minimum absolute atomic E-state index is 0.192. The van der Waals surface area contributed by atoms with Crippen LogP contribution >= 0.6 is 34.5 Å². The van der Waals surface area contributed by atoms with Crippen LogP contribution in [-0.2, 0) is 11.3 Å². The van der Waals surface area contributed by atoms with Crippen LogP contribution in [0.1, 0.15) is 0 Å². The third-order valence-corrected chi connectivity index (χ3v) is 5.10. The third kappa shape index (κ3) is 2.95. The first-order valence-electron chi connectivity index (χ1n) is 6.71. The van der Waals surface area contributed by atoms with Crippen LogP contribution < -0.4 is 11.2 Å². The second-order valence-electron chi connectivity index (χ2n) is 4.86. The van der Waals surface area contributed by atoms with Gasteiger partial charge < -0.3 is 4.74 Å². The molecule has 0 saturated heterocycles. The number of halogens is 2. The summed E-state index contributed by atoms with van der Waals surface area (Å²) in [6.07, 6.45) is 0. The molecule has 0 aliphatic rings. The van der Waals surface area contributed by atoms with Gasteiger partial charge in [0.2, 0.25) is 0 Å². The van der Waals surface area contributed by atoms with Crippen LogP contribution in [0.4, 0.5) is 0 Å². The van der Waals surface area contributed by atoms with Crippen molar-refractivity contribution in [1.29, 1.82) is 0 Å². The molecule has 2 heterocycles. The van der Waals surface area contributed by atoms with E-state index in [4.69, 9.17) is 27.9 Å². The third-order valence-electron chi connectivity index (χ3n) is 3.47. The van der Waals surface area contributed by atoms with Crippen molar-refractivity contribution in [2.45, 2.75) is 6.54 Å². The number of hydrogen-bond acceptors (Lipinski definition) is 4. The highest BCUT2D eigenvalue weighted by Gasteiger charge is 2.15. The SMILES string of the molecule is COCCn1c(=O)[nH]c2scc(-c3ccc(Cl)c(Cl)c3)c2c1=O. The Morgan fingerprint density at radius 1 is 1.26 bits per heavy atom. The first-order valence-corrected chi connectivity index (χ1v) is 8.35. The smallest absolute Gasteiger partial charge is 0.329 e. The van der Waals surface area contributed by atoms with E-state index in [1.54, 1.807) is 18.2 Å². The van der Waals surface area contributed by atoms with Crippen molar-refractivity contribution in [1.82, 2.24) is 9.55 Å². The predicted molar refractivity (Wildman–Crippen MR) is 94.0 cm³/mol. The molecular formula is C15H12Cl2N2O3S. The molecule has 0 spiro atoms. The van der Waals surface area contributed by atoms with Crippen LogP contribution in [0.5, 0.6) is 0 Å². The van der Waals surface area contributed by atoms with Gasteiger partial charge in [-0.15, -0.1) is 11.3 Å². The number of nitrogens with one attached hydrogen (secondary N) is 1. The second-order valence-corrected chi connectivity index (χ2v) is 6.56. The molecule has 0 amide bonds. The standard InChI is InChI=1S/C15H12Cl2N2O3S/c1-22-5-4-19-14(20)12-9(7-23-13(12)18-15(19)21)8-2-3-10(16)11(17)6-8/h2-3,6-7H,4-5H2,1H3,(H,18,21). The van der Waals surface area contributed by atoms with E-state index < -0.39 is 5.69 Å². The average Bonchev–Trinajstić information content (AvgIpc) is 2.93. The van der Waals surface area contributed by atoms with E-state index in [-0.39, 0.29) is 18.7 Å². The number of H-pyrrole nitrogens is 1. The summed E-state index contributed by atoms with van der Waals surface area (Å²) in [4.78, 5) is 28.0. The molecule has 0 saturated carbocycles. The van der Waals surface area contributed by atoms with Crippen LogP contribution in [0, 0.1) is 0 Å². The van der Waals surface area contributed by atoms with Crippen molar-refractivity contribution in [2.75, 3.05) is 13.7 Å². The lowest BCUT2D eigenvalue weighted by molar-refractivity contribution is 0.185. The van der Waals surface area contributed by atoms with E-state index in [0.717, 1.165) is 15.7 Å². The van der Waals surface area contributed by atoms with Crippen molar-refractivity contribution < 1.29 is 4.74 Å². The van der Waals surface area contributed by atoms with Crippen molar-refractivity contribution >= 4 is 44.8 Å². The fourth-order valence-electron chi connectivity index (χ4n) is 2.32. The van der Waals surface area contributed by atoms with Gasteiger partial charge in [-0.05, 0) is 17.7 Å². The number of ether oxygens (including phenoxy) is 1. The molecule has 3 rings (SSSR count). The molecule has 0 radical (unpaired) electrons. The maximum absolute atomic E-state index is 12.7. The summed E-state index contributed by atoms with van der Waals surface area (Å²) < 4.78 is 6.09. The van der Waals surface area contributed by atoms with E-state index in [2.05, 4.69) is 4.98 Å². The minimum Gasteiger partial charge on any atom is -0.383 e. The van der Waals surface area contributed by atoms with Gasteiger partial charge in [0, 0.05) is 18.1 Å². The van der Waals surface area contributed by atoms with Gasteiger partial charge in [0.1, 0.15) is 4.83 Å². The van der Waals surface area contributed by atoms with Crippen LogP contribution in [0.3, 0.4) is 0 Å². The molecule has 0 bridgehead atoms. The zero-order chi connectivity index (χ0) is 16.6. The summed E-state index contributed by atoms with van der Waals surface area (Å²) in [6.45, 7) is 0.470. The number of aromatic nitrogens is 2. The summed E-state index contributed by atoms with van der Waals surface area (Å²) in [5.41, 5.74) is 0.703. The van der Waals surface area contributed by atoms with Crippen molar-refractivity contribution in [3.63, 3.8) is 0 Å². The Morgan fingerprint density at radius 2 is 2.04 bits per heavy atom. The lowest BCUT2D eigenvalue weighted by atomic mass is 10.1. The Labute approximate surface area is 145 Å². The molecule has 5 nitrogen and oxygen atoms in total. The first kappa shape index (κ1) is 16.3. The zero-order valence-electron chi connectivity index (χ0n) is 12.1. The van der Waals surface area contributed by atoms with Crippen LogP contribution in [0.25, 0.3) is 21.3 Å². The van der Waals surface area contributed by atoms with Crippen LogP contribution in [0.15, 0.2) is 33.2 Å². The highest BCUT2D eigenvalue weighted by atomic mass is 35.5. The quantitative estimate of drug-likeness (QED) is 0.765. The Bertz CT molecular complexity index is 991. The first-order chi connectivity index (χ1) is 11.0. The van der Waals surface area contributed by atoms with E-state index in [1.165, 1.54) is 18.4 Å². The maximum atomic E-state index is 12.7. The van der Waals surface area contributed by atoms with Gasteiger partial charge in [-0.3, -0.25) is 14.3 Å². The topological polar surface area (TPSA) is 64.1 Å². The van der Waals surface area contributed by atoms with Gasteiger partial charge >= 0.3 is 5.69 Å². The zero-order valence-corrected chi connectivity index (χ0v) is 14.4. The summed E-state index contributed by atoms with van der Waals surface area (Å²) in [6, 6.07) is 5.17. The molecule has 3 aromatic rings. The Morgan fingerprint density at radius 3 is 2.74 bits per heavy atom. The van der Waals surface area contributed by atoms with Crippen LogP contribution in [0.2, 0.25) is 10.0 Å². The average molecular weight is 371 g/mol. The van der Waals surface area contributed by atoms with Crippen molar-refractivity contribution in [3.05, 3.63) is 54.5 Å². The van der Waals surface area contributed by atoms with E-state index in [0.29, 0.717) is 20.3 Å². The molecule has 2 aromatic heterocycles. The molecule has 0 atom stereocenters. The Kier molecular flexibility index (Phi) is 4.59. The van der Waals surface area contributed by atoms with Crippen molar-refractivity contribution in [3.8, 4) is 11.1 Å². The highest BCUT2D eigenvalue weighted by Crippen LogP contribution is 2.33. The van der Waals surface area contributed by atoms with Gasteiger partial charge in [-0.25, -0.2) is 4.79 Å². The normalized spacial score (nSPS) is 11.3. The fourth-order valence-corrected chi connectivity index (χ4v) is 3.56. The number of methoxy groups -OCH3 is 1. The molecular weight excluding hydrogens is 359 g/mol. The van der Waals surface area contributed by atoms with E-state index >= 15 is 0 Å². The molecule has 1 N–H and O–H groups in total. The lowest BCUT2D eigenvalue weighted by Gasteiger charge is -2.06. The van der Waals surface area contributed by atoms with E-state index in [9.17, 15) is 9.59 Å². The summed E-state index contributed by atoms with van der Waals surface area (Å²) in [5.74, 6) is 0. The lowest BCUT2D eigenvalue weighted by Crippen LogP contribution is -2.35. The summed E-state index contributed by atoms with van der Waals surface area (Å²) >= 11 is 13.3. The van der Waals surface area contributed by atoms with Gasteiger partial charge in [0.05, 0.1) is 28.6 Å². The number of rotatable bonds is 4. The Hall–Kier alpha value is -1.60. The van der Waals surface area contributed by atoms with Crippen LogP contribution in [-0.4, -0.2) is 23.3 Å². The Balaban J connectivity index is 2.25. The molecule has 0 aliphatic carbocycles. The summed E-state index contributed by atoms with van der Waals surface area (Å²) in [5, 5.41) is 3.14. The largest absolute Gasteiger partial charge is 0.383 e. The molecule has 120 valence electrons. The fraction of sp³-hybridized carbons (Fsp3) is 0.200. The predicted octanol–water partition coefficient (Wildman–Crippen LogP) is 3.37. The van der Waals surface area contributed by atoms with Gasteiger partial charge in [0.15, 0.2) is 0 Å². The monoisotopic (exact) mass is 370 g/mol. The minimum atomic E-state index is -0.443. The number of nitrogens with zero attached hydrogens (tertiary/aromatic N) is 1. The molecule has 23 heavy (non-hydrogen) atoms. The molecule has 1 aromatic carbocycles. The maximum Gasteiger partial charge on any atom is 0.329 e. The van der Waals surface area contributed by atoms with Crippen molar-refractivity contribution in [2.24, 2.45) is 0 Å². The number of aromatic amines is 1. The highest BCUT2D eigenvalue weighted by molar-refractivity contribution is 7.17. The number of benzene rings is 1.